The number of benzene rings is 1. The second kappa shape index (κ2) is 12.3. The van der Waals surface area contributed by atoms with Crippen LogP contribution in [0.2, 0.25) is 0 Å². The summed E-state index contributed by atoms with van der Waals surface area (Å²) in [5.74, 6) is -2.20. The van der Waals surface area contributed by atoms with Gasteiger partial charge in [0.25, 0.3) is 0 Å². The number of likely N-dealkylation sites (tertiary alicyclic amines) is 1. The fraction of sp³-hybridized carbons (Fsp3) is 0.545. The Hall–Kier alpha value is -1.61. The summed E-state index contributed by atoms with van der Waals surface area (Å²) >= 11 is 0. The van der Waals surface area contributed by atoms with Gasteiger partial charge in [0.15, 0.2) is 11.5 Å². The third-order valence-corrected chi connectivity index (χ3v) is 4.48. The number of carbonyl (C=O) groups is 4. The molecule has 0 bridgehead atoms. The van der Waals surface area contributed by atoms with Crippen molar-refractivity contribution in [2.75, 3.05) is 6.54 Å². The third kappa shape index (κ3) is 10.0. The van der Waals surface area contributed by atoms with E-state index in [0.717, 1.165) is 11.0 Å². The van der Waals surface area contributed by atoms with E-state index in [4.69, 9.17) is 18.9 Å². The molecule has 0 aromatic heterocycles. The molecule has 1 aliphatic rings. The van der Waals surface area contributed by atoms with Crippen LogP contribution in [0.3, 0.4) is 0 Å². The van der Waals surface area contributed by atoms with E-state index in [9.17, 15) is 32.1 Å². The van der Waals surface area contributed by atoms with Crippen LogP contribution in [-0.2, 0) is 25.5 Å². The van der Waals surface area contributed by atoms with Crippen molar-refractivity contribution < 1.29 is 102 Å². The number of amides is 2. The van der Waals surface area contributed by atoms with Crippen molar-refractivity contribution in [2.45, 2.75) is 72.0 Å². The van der Waals surface area contributed by atoms with Crippen molar-refractivity contribution in [2.24, 2.45) is 0 Å². The molecule has 194 valence electrons. The summed E-state index contributed by atoms with van der Waals surface area (Å²) in [7, 11) is 0. The monoisotopic (exact) mass is 541 g/mol. The van der Waals surface area contributed by atoms with E-state index in [0.29, 0.717) is 6.07 Å². The van der Waals surface area contributed by atoms with Crippen molar-refractivity contribution in [3.8, 4) is 11.5 Å². The van der Waals surface area contributed by atoms with Crippen LogP contribution in [0.15, 0.2) is 12.1 Å². The number of hydrogen-bond acceptors (Lipinski definition) is 8. The zero-order valence-electron chi connectivity index (χ0n) is 21.4. The van der Waals surface area contributed by atoms with E-state index in [2.05, 4.69) is 0 Å². The number of hydrogen-bond donors (Lipinski definition) is 0. The van der Waals surface area contributed by atoms with Gasteiger partial charge in [0, 0.05) is 19.4 Å². The molecule has 2 rings (SSSR count). The third-order valence-electron chi connectivity index (χ3n) is 4.48. The van der Waals surface area contributed by atoms with Gasteiger partial charge in [0.05, 0.1) is 0 Å². The number of halogens is 3. The fourth-order valence-electron chi connectivity index (χ4n) is 3.12. The van der Waals surface area contributed by atoms with Crippen LogP contribution in [0.4, 0.5) is 22.5 Å². The smallest absolute Gasteiger partial charge is 0.445 e. The molecule has 14 heteroatoms. The number of ether oxygens (including phenoxy) is 4. The Labute approximate surface area is 249 Å². The normalized spacial score (nSPS) is 14.3. The van der Waals surface area contributed by atoms with Crippen LogP contribution in [0, 0.1) is 0 Å². The summed E-state index contributed by atoms with van der Waals surface area (Å²) < 4.78 is 61.8. The molecule has 0 saturated carbocycles. The zero-order valence-corrected chi connectivity index (χ0v) is 24.5. The largest absolute Gasteiger partial charge is 1.00 e. The van der Waals surface area contributed by atoms with Gasteiger partial charge < -0.3 is 31.9 Å². The molecule has 1 fully saturated rings. The number of nitrogens with zero attached hydrogens (tertiary/aromatic N) is 1. The predicted molar refractivity (Wildman–Crippen MR) is 119 cm³/mol. The van der Waals surface area contributed by atoms with Gasteiger partial charge in [0.2, 0.25) is 11.8 Å². The van der Waals surface area contributed by atoms with Crippen LogP contribution in [0.25, 0.3) is 0 Å². The summed E-state index contributed by atoms with van der Waals surface area (Å²) in [6.07, 6.45) is -2.94. The van der Waals surface area contributed by atoms with Crippen LogP contribution >= 0.6 is 0 Å². The molecule has 0 spiro atoms. The maximum atomic E-state index is 13.9. The maximum absolute atomic E-state index is 13.9. The van der Waals surface area contributed by atoms with Crippen LogP contribution in [0.1, 0.15) is 59.9 Å². The molecular weight excluding hydrogens is 513 g/mol. The first-order chi connectivity index (χ1) is 15.9. The predicted octanol–water partition coefficient (Wildman–Crippen LogP) is 1.06. The number of imide groups is 1. The molecule has 1 heterocycles. The van der Waals surface area contributed by atoms with Crippen molar-refractivity contribution in [3.63, 3.8) is 0 Å². The van der Waals surface area contributed by atoms with Gasteiger partial charge in [-0.3, -0.25) is 14.5 Å². The zero-order chi connectivity index (χ0) is 26.8. The van der Waals surface area contributed by atoms with Gasteiger partial charge in [-0.2, -0.15) is 0 Å². The summed E-state index contributed by atoms with van der Waals surface area (Å²) in [6.45, 7) is 3.32. The van der Waals surface area contributed by atoms with Gasteiger partial charge in [-0.1, -0.05) is 5.56 Å². The molecule has 0 radical (unpaired) electrons. The second-order valence-corrected chi connectivity index (χ2v) is 9.89. The van der Waals surface area contributed by atoms with Crippen LogP contribution in [0.5, 0.6) is 11.5 Å². The maximum Gasteiger partial charge on any atom is 1.00 e. The molecule has 9 nitrogen and oxygen atoms in total. The molecule has 1 aliphatic heterocycles. The summed E-state index contributed by atoms with van der Waals surface area (Å²) in [5, 5.41) is 0. The van der Waals surface area contributed by atoms with Gasteiger partial charge in [-0.05, 0) is 60.1 Å². The number of carbonyl (C=O) groups excluding carboxylic acids is 4. The molecule has 1 saturated heterocycles. The second-order valence-electron chi connectivity index (χ2n) is 9.89. The van der Waals surface area contributed by atoms with Gasteiger partial charge in [-0.25, -0.2) is 9.59 Å². The van der Waals surface area contributed by atoms with Crippen molar-refractivity contribution in [3.05, 3.63) is 17.7 Å². The molecule has 36 heavy (non-hydrogen) atoms. The molecule has 1 aromatic rings. The average Bonchev–Trinajstić information content (AvgIpc) is 2.95. The van der Waals surface area contributed by atoms with Crippen molar-refractivity contribution in [1.29, 1.82) is 0 Å². The van der Waals surface area contributed by atoms with E-state index in [1.165, 1.54) is 20.8 Å². The Bertz CT molecular complexity index is 1000. The average molecular weight is 541 g/mol. The molecule has 0 aliphatic carbocycles. The van der Waals surface area contributed by atoms with Gasteiger partial charge in [0.1, 0.15) is 11.2 Å². The SMILES string of the molecule is CC(C)(C)OC(=O)Oc1cc(CCN2C(=O)CCC2=O)c([B-](F)(F)F)cc1OC(=O)OC(C)(C)C.[K+]. The fourth-order valence-corrected chi connectivity index (χ4v) is 3.12. The Morgan fingerprint density at radius 2 is 1.28 bits per heavy atom. The standard InChI is InChI=1S/C22H28BF3NO8.K/c1-21(2,3)34-19(30)32-15-11-13(9-10-27-17(28)7-8-18(27)29)14(23(24,25)26)12-16(15)33-20(31)35-22(4,5)6;/h11-12H,7-10H2,1-6H3;/q-1;+1. The first-order valence-corrected chi connectivity index (χ1v) is 10.9. The minimum absolute atomic E-state index is 0. The Balaban J connectivity index is 0.00000648. The molecule has 2 amide bonds. The van der Waals surface area contributed by atoms with E-state index in [1.807, 2.05) is 0 Å². The first-order valence-electron chi connectivity index (χ1n) is 10.9. The molecule has 0 N–H and O–H groups in total. The Morgan fingerprint density at radius 1 is 0.861 bits per heavy atom. The number of rotatable bonds is 6. The van der Waals surface area contributed by atoms with E-state index >= 15 is 0 Å². The summed E-state index contributed by atoms with van der Waals surface area (Å²) in [6, 6.07) is 1.39. The Morgan fingerprint density at radius 3 is 1.67 bits per heavy atom. The van der Waals surface area contributed by atoms with Crippen LogP contribution < -0.4 is 66.3 Å². The minimum Gasteiger partial charge on any atom is -0.445 e. The summed E-state index contributed by atoms with van der Waals surface area (Å²) in [5.41, 5.74) is -3.48. The molecular formula is C22H28BF3KNO8. The van der Waals surface area contributed by atoms with Crippen LogP contribution in [-0.4, -0.2) is 53.7 Å². The molecule has 0 unspecified atom stereocenters. The Kier molecular flexibility index (Phi) is 11.1. The van der Waals surface area contributed by atoms with Crippen molar-refractivity contribution in [1.82, 2.24) is 4.90 Å². The van der Waals surface area contributed by atoms with E-state index in [1.54, 1.807) is 20.8 Å². The minimum atomic E-state index is -5.62. The van der Waals surface area contributed by atoms with Gasteiger partial charge >= 0.3 is 70.7 Å². The topological polar surface area (TPSA) is 108 Å². The van der Waals surface area contributed by atoms with E-state index < -0.39 is 59.3 Å². The summed E-state index contributed by atoms with van der Waals surface area (Å²) in [4.78, 5) is 48.9. The van der Waals surface area contributed by atoms with E-state index in [-0.39, 0.29) is 82.8 Å². The first kappa shape index (κ1) is 32.4. The van der Waals surface area contributed by atoms with Crippen molar-refractivity contribution >= 4 is 36.6 Å². The molecule has 1 aromatic carbocycles. The molecule has 0 atom stereocenters. The van der Waals surface area contributed by atoms with Gasteiger partial charge in [-0.15, -0.1) is 5.46 Å². The quantitative estimate of drug-likeness (QED) is 0.228.